The predicted octanol–water partition coefficient (Wildman–Crippen LogP) is 4.12. The summed E-state index contributed by atoms with van der Waals surface area (Å²) in [5, 5.41) is 14.3. The summed E-state index contributed by atoms with van der Waals surface area (Å²) in [4.78, 5) is 28.8. The lowest BCUT2D eigenvalue weighted by Gasteiger charge is -2.04. The molecule has 0 fully saturated rings. The van der Waals surface area contributed by atoms with E-state index in [0.29, 0.717) is 21.0 Å². The highest BCUT2D eigenvalue weighted by Gasteiger charge is 2.15. The van der Waals surface area contributed by atoms with Crippen LogP contribution in [0.2, 0.25) is 0 Å². The van der Waals surface area contributed by atoms with Gasteiger partial charge in [0.25, 0.3) is 5.91 Å². The van der Waals surface area contributed by atoms with Crippen molar-refractivity contribution < 1.29 is 9.59 Å². The fourth-order valence-electron chi connectivity index (χ4n) is 2.52. The number of nitrogens with one attached hydrogen (secondary N) is 2. The maximum Gasteiger partial charge on any atom is 0.286 e. The minimum Gasteiger partial charge on any atom is -0.351 e. The van der Waals surface area contributed by atoms with E-state index in [-0.39, 0.29) is 17.6 Å². The molecule has 2 amide bonds. The summed E-state index contributed by atoms with van der Waals surface area (Å²) in [6, 6.07) is 15.6. The summed E-state index contributed by atoms with van der Waals surface area (Å²) in [7, 11) is 0. The molecule has 0 spiro atoms. The van der Waals surface area contributed by atoms with Gasteiger partial charge in [-0.15, -0.1) is 21.5 Å². The number of rotatable bonds is 7. The first kappa shape index (κ1) is 20.5. The molecule has 0 saturated heterocycles. The molecule has 2 aromatic carbocycles. The van der Waals surface area contributed by atoms with Crippen LogP contribution in [0, 0.1) is 6.92 Å². The topological polar surface area (TPSA) is 96.9 Å². The van der Waals surface area contributed by atoms with E-state index in [0.717, 1.165) is 15.8 Å². The van der Waals surface area contributed by atoms with Crippen molar-refractivity contribution in [3.05, 3.63) is 64.7 Å². The number of carbonyl (C=O) groups excluding carboxylic acids is 2. The average molecular weight is 456 g/mol. The molecule has 0 atom stereocenters. The number of thioether (sulfide) groups is 1. The van der Waals surface area contributed by atoms with Crippen LogP contribution in [0.4, 0.5) is 5.13 Å². The van der Waals surface area contributed by atoms with E-state index in [1.54, 1.807) is 0 Å². The van der Waals surface area contributed by atoms with Gasteiger partial charge in [0.15, 0.2) is 9.35 Å². The molecule has 7 nitrogen and oxygen atoms in total. The zero-order valence-corrected chi connectivity index (χ0v) is 18.4. The molecule has 2 heterocycles. The Labute approximate surface area is 185 Å². The van der Waals surface area contributed by atoms with Gasteiger partial charge in [0.05, 0.1) is 16.0 Å². The van der Waals surface area contributed by atoms with Crippen LogP contribution in [0.25, 0.3) is 10.2 Å². The molecule has 30 heavy (non-hydrogen) atoms. The van der Waals surface area contributed by atoms with Gasteiger partial charge >= 0.3 is 0 Å². The van der Waals surface area contributed by atoms with E-state index in [4.69, 9.17) is 0 Å². The van der Waals surface area contributed by atoms with Crippen LogP contribution in [-0.4, -0.2) is 32.7 Å². The second-order valence-electron chi connectivity index (χ2n) is 6.36. The van der Waals surface area contributed by atoms with Gasteiger partial charge < -0.3 is 5.32 Å². The van der Waals surface area contributed by atoms with Crippen molar-refractivity contribution in [2.75, 3.05) is 11.1 Å². The van der Waals surface area contributed by atoms with E-state index in [2.05, 4.69) is 25.8 Å². The van der Waals surface area contributed by atoms with E-state index >= 15 is 0 Å². The van der Waals surface area contributed by atoms with Gasteiger partial charge in [-0.1, -0.05) is 65.1 Å². The molecule has 2 aromatic heterocycles. The zero-order valence-electron chi connectivity index (χ0n) is 15.9. The molecule has 0 saturated carbocycles. The monoisotopic (exact) mass is 455 g/mol. The molecule has 152 valence electrons. The average Bonchev–Trinajstić information content (AvgIpc) is 3.38. The Kier molecular flexibility index (Phi) is 6.36. The number of fused-ring (bicyclic) bond motifs is 1. The van der Waals surface area contributed by atoms with Gasteiger partial charge in [-0.25, -0.2) is 4.98 Å². The largest absolute Gasteiger partial charge is 0.351 e. The van der Waals surface area contributed by atoms with Crippen molar-refractivity contribution in [3.63, 3.8) is 0 Å². The van der Waals surface area contributed by atoms with E-state index in [1.807, 2.05) is 55.5 Å². The number of hydrogen-bond donors (Lipinski definition) is 2. The highest BCUT2D eigenvalue weighted by Crippen LogP contribution is 2.27. The SMILES string of the molecule is Cc1ccc(CNC(=O)CSc2nnc(NC(=O)c3nc4ccccc4s3)s2)cc1. The van der Waals surface area contributed by atoms with Gasteiger partial charge in [0.2, 0.25) is 11.0 Å². The number of aromatic nitrogens is 3. The number of aryl methyl sites for hydroxylation is 1. The Hall–Kier alpha value is -2.82. The Balaban J connectivity index is 1.26. The number of nitrogens with zero attached hydrogens (tertiary/aromatic N) is 3. The number of amides is 2. The van der Waals surface area contributed by atoms with Crippen LogP contribution in [0.5, 0.6) is 0 Å². The molecule has 0 aliphatic rings. The maximum atomic E-state index is 12.4. The maximum absolute atomic E-state index is 12.4. The summed E-state index contributed by atoms with van der Waals surface area (Å²) in [6.07, 6.45) is 0. The second kappa shape index (κ2) is 9.33. The number of carbonyl (C=O) groups is 2. The van der Waals surface area contributed by atoms with Crippen molar-refractivity contribution in [2.45, 2.75) is 17.8 Å². The number of para-hydroxylation sites is 1. The predicted molar refractivity (Wildman–Crippen MR) is 121 cm³/mol. The smallest absolute Gasteiger partial charge is 0.286 e. The van der Waals surface area contributed by atoms with Gasteiger partial charge in [-0.05, 0) is 24.6 Å². The lowest BCUT2D eigenvalue weighted by molar-refractivity contribution is -0.118. The minimum atomic E-state index is -0.320. The van der Waals surface area contributed by atoms with Crippen LogP contribution < -0.4 is 10.6 Å². The molecule has 4 aromatic rings. The molecule has 4 rings (SSSR count). The van der Waals surface area contributed by atoms with Gasteiger partial charge in [0, 0.05) is 6.54 Å². The van der Waals surface area contributed by atoms with Gasteiger partial charge in [-0.3, -0.25) is 14.9 Å². The normalized spacial score (nSPS) is 10.8. The van der Waals surface area contributed by atoms with E-state index in [9.17, 15) is 9.59 Å². The minimum absolute atomic E-state index is 0.0872. The van der Waals surface area contributed by atoms with Gasteiger partial charge in [-0.2, -0.15) is 0 Å². The summed E-state index contributed by atoms with van der Waals surface area (Å²) in [6.45, 7) is 2.51. The van der Waals surface area contributed by atoms with Gasteiger partial charge in [0.1, 0.15) is 0 Å². The third-order valence-corrected chi connectivity index (χ3v) is 7.06. The van der Waals surface area contributed by atoms with Crippen LogP contribution in [-0.2, 0) is 11.3 Å². The molecule has 2 N–H and O–H groups in total. The summed E-state index contributed by atoms with van der Waals surface area (Å²) >= 11 is 3.83. The van der Waals surface area contributed by atoms with Crippen LogP contribution in [0.3, 0.4) is 0 Å². The lowest BCUT2D eigenvalue weighted by Crippen LogP contribution is -2.24. The van der Waals surface area contributed by atoms with Crippen molar-refractivity contribution in [1.82, 2.24) is 20.5 Å². The van der Waals surface area contributed by atoms with Crippen molar-refractivity contribution >= 4 is 61.6 Å². The highest BCUT2D eigenvalue weighted by atomic mass is 32.2. The second-order valence-corrected chi connectivity index (χ2v) is 9.60. The Morgan fingerprint density at radius 1 is 1.03 bits per heavy atom. The van der Waals surface area contributed by atoms with Crippen LogP contribution in [0.15, 0.2) is 52.9 Å². The molecule has 0 unspecified atom stereocenters. The van der Waals surface area contributed by atoms with Crippen LogP contribution in [0.1, 0.15) is 20.9 Å². The van der Waals surface area contributed by atoms with Crippen molar-refractivity contribution in [3.8, 4) is 0 Å². The number of anilines is 1. The Morgan fingerprint density at radius 3 is 2.63 bits per heavy atom. The number of benzene rings is 2. The summed E-state index contributed by atoms with van der Waals surface area (Å²) in [5.74, 6) is -0.178. The number of thiazole rings is 1. The summed E-state index contributed by atoms with van der Waals surface area (Å²) in [5.41, 5.74) is 3.02. The quantitative estimate of drug-likeness (QED) is 0.321. The van der Waals surface area contributed by atoms with Crippen LogP contribution >= 0.6 is 34.4 Å². The first-order valence-corrected chi connectivity index (χ1v) is 11.6. The van der Waals surface area contributed by atoms with E-state index in [1.165, 1.54) is 40.0 Å². The standard InChI is InChI=1S/C20H17N5O2S3/c1-12-6-8-13(9-7-12)10-21-16(26)11-28-20-25-24-19(30-20)23-17(27)18-22-14-4-2-3-5-15(14)29-18/h2-9H,10-11H2,1H3,(H,21,26)(H,23,24,27). The third-order valence-electron chi connectivity index (χ3n) is 4.05. The molecule has 0 aliphatic carbocycles. The fraction of sp³-hybridized carbons (Fsp3) is 0.150. The van der Waals surface area contributed by atoms with Crippen molar-refractivity contribution in [1.29, 1.82) is 0 Å². The molecule has 0 aliphatic heterocycles. The van der Waals surface area contributed by atoms with E-state index < -0.39 is 0 Å². The highest BCUT2D eigenvalue weighted by molar-refractivity contribution is 8.01. The first-order chi connectivity index (χ1) is 14.6. The fourth-order valence-corrected chi connectivity index (χ4v) is 4.96. The Morgan fingerprint density at radius 2 is 1.83 bits per heavy atom. The third kappa shape index (κ3) is 5.21. The Bertz CT molecular complexity index is 1150. The molecule has 0 radical (unpaired) electrons. The molecular formula is C20H17N5O2S3. The molecular weight excluding hydrogens is 438 g/mol. The molecule has 10 heteroatoms. The summed E-state index contributed by atoms with van der Waals surface area (Å²) < 4.78 is 1.56. The van der Waals surface area contributed by atoms with Crippen molar-refractivity contribution in [2.24, 2.45) is 0 Å². The first-order valence-electron chi connectivity index (χ1n) is 9.02. The zero-order chi connectivity index (χ0) is 20.9. The lowest BCUT2D eigenvalue weighted by atomic mass is 10.1. The number of hydrogen-bond acceptors (Lipinski definition) is 8. The molecule has 0 bridgehead atoms.